The van der Waals surface area contributed by atoms with Gasteiger partial charge in [0.05, 0.1) is 24.1 Å². The number of amides is 2. The van der Waals surface area contributed by atoms with Gasteiger partial charge in [0.25, 0.3) is 15.9 Å². The van der Waals surface area contributed by atoms with Crippen LogP contribution in [0.4, 0.5) is 4.79 Å². The van der Waals surface area contributed by atoms with Gasteiger partial charge in [-0.15, -0.1) is 0 Å². The second-order valence-electron chi connectivity index (χ2n) is 6.25. The number of pyridine rings is 1. The Kier molecular flexibility index (Phi) is 5.61. The third-order valence-corrected chi connectivity index (χ3v) is 5.86. The van der Waals surface area contributed by atoms with Gasteiger partial charge < -0.3 is 15.4 Å². The fraction of sp³-hybridized carbons (Fsp3) is 0.278. The highest BCUT2D eigenvalue weighted by Gasteiger charge is 2.27. The molecule has 1 aliphatic rings. The van der Waals surface area contributed by atoms with E-state index >= 15 is 0 Å². The van der Waals surface area contributed by atoms with Gasteiger partial charge in [-0.3, -0.25) is 9.78 Å². The zero-order valence-corrected chi connectivity index (χ0v) is 16.0. The molecule has 2 heterocycles. The van der Waals surface area contributed by atoms with Gasteiger partial charge >= 0.3 is 6.09 Å². The van der Waals surface area contributed by atoms with Crippen LogP contribution in [-0.2, 0) is 34.3 Å². The molecular formula is C18H20N4O5S. The number of nitrogens with zero attached hydrogens (tertiary/aromatic N) is 2. The molecule has 10 heteroatoms. The molecular weight excluding hydrogens is 384 g/mol. The van der Waals surface area contributed by atoms with Gasteiger partial charge in [0, 0.05) is 25.5 Å². The normalized spacial score (nSPS) is 13.6. The summed E-state index contributed by atoms with van der Waals surface area (Å²) < 4.78 is 31.8. The smallest absolute Gasteiger partial charge is 0.409 e. The van der Waals surface area contributed by atoms with Gasteiger partial charge in [0.2, 0.25) is 0 Å². The molecule has 0 bridgehead atoms. The molecule has 2 aromatic rings. The zero-order valence-electron chi connectivity index (χ0n) is 15.2. The molecule has 0 saturated carbocycles. The lowest BCUT2D eigenvalue weighted by atomic mass is 9.97. The van der Waals surface area contributed by atoms with E-state index in [-0.39, 0.29) is 23.5 Å². The van der Waals surface area contributed by atoms with Crippen LogP contribution in [0.1, 0.15) is 27.0 Å². The zero-order chi connectivity index (χ0) is 20.3. The molecule has 2 amide bonds. The number of nitrogens with two attached hydrogens (primary N) is 1. The Hall–Kier alpha value is -2.98. The van der Waals surface area contributed by atoms with Crippen LogP contribution in [0.5, 0.6) is 0 Å². The first kappa shape index (κ1) is 19.8. The van der Waals surface area contributed by atoms with Crippen molar-refractivity contribution in [3.63, 3.8) is 0 Å². The molecule has 0 radical (unpaired) electrons. The quantitative estimate of drug-likeness (QED) is 0.770. The fourth-order valence-corrected chi connectivity index (χ4v) is 3.98. The summed E-state index contributed by atoms with van der Waals surface area (Å²) in [6.45, 7) is 0.887. The summed E-state index contributed by atoms with van der Waals surface area (Å²) >= 11 is 0. The number of methoxy groups -OCH3 is 1. The maximum absolute atomic E-state index is 12.6. The number of sulfonamides is 1. The van der Waals surface area contributed by atoms with E-state index in [1.165, 1.54) is 30.3 Å². The second-order valence-corrected chi connectivity index (χ2v) is 7.93. The molecule has 0 fully saturated rings. The molecule has 0 unspecified atom stereocenters. The van der Waals surface area contributed by atoms with Gasteiger partial charge in [0.15, 0.2) is 0 Å². The Morgan fingerprint density at radius 1 is 1.25 bits per heavy atom. The van der Waals surface area contributed by atoms with E-state index in [1.807, 2.05) is 0 Å². The molecule has 1 aliphatic heterocycles. The Labute approximate surface area is 162 Å². The van der Waals surface area contributed by atoms with Crippen molar-refractivity contribution < 1.29 is 22.7 Å². The molecule has 148 valence electrons. The molecule has 9 nitrogen and oxygen atoms in total. The van der Waals surface area contributed by atoms with Crippen molar-refractivity contribution in [2.75, 3.05) is 13.7 Å². The number of ether oxygens (including phenoxy) is 1. The average molecular weight is 404 g/mol. The van der Waals surface area contributed by atoms with Crippen molar-refractivity contribution in [3.8, 4) is 0 Å². The summed E-state index contributed by atoms with van der Waals surface area (Å²) in [5.41, 5.74) is 7.80. The first-order valence-corrected chi connectivity index (χ1v) is 9.99. The van der Waals surface area contributed by atoms with E-state index < -0.39 is 22.0 Å². The van der Waals surface area contributed by atoms with Crippen LogP contribution < -0.4 is 10.5 Å². The number of rotatable bonds is 4. The van der Waals surface area contributed by atoms with E-state index in [0.717, 1.165) is 5.56 Å². The van der Waals surface area contributed by atoms with E-state index in [4.69, 9.17) is 10.5 Å². The molecule has 0 aliphatic carbocycles. The largest absolute Gasteiger partial charge is 0.453 e. The highest BCUT2D eigenvalue weighted by Crippen LogP contribution is 2.22. The van der Waals surface area contributed by atoms with E-state index in [2.05, 4.69) is 9.71 Å². The standard InChI is InChI=1S/C18H20N4O5S/c1-27-18(24)22-7-6-15-13(11-22)9-20-10-16(15)17(23)21-28(25,26)14-4-2-12(8-19)3-5-14/h2-5,9-10H,6-8,11,19H2,1H3,(H,21,23). The molecule has 0 atom stereocenters. The van der Waals surface area contributed by atoms with Crippen LogP contribution in [0.3, 0.4) is 0 Å². The fourth-order valence-electron chi connectivity index (χ4n) is 3.01. The van der Waals surface area contributed by atoms with E-state index in [9.17, 15) is 18.0 Å². The number of carbonyl (C=O) groups is 2. The van der Waals surface area contributed by atoms with Gasteiger partial charge in [0.1, 0.15) is 0 Å². The summed E-state index contributed by atoms with van der Waals surface area (Å²) in [5.74, 6) is -0.765. The number of aromatic nitrogens is 1. The molecule has 1 aromatic heterocycles. The highest BCUT2D eigenvalue weighted by atomic mass is 32.2. The lowest BCUT2D eigenvalue weighted by Crippen LogP contribution is -2.38. The van der Waals surface area contributed by atoms with Crippen LogP contribution in [-0.4, -0.2) is 44.0 Å². The maximum Gasteiger partial charge on any atom is 0.409 e. The molecule has 0 spiro atoms. The van der Waals surface area contributed by atoms with Crippen molar-refractivity contribution >= 4 is 22.0 Å². The predicted molar refractivity (Wildman–Crippen MR) is 99.7 cm³/mol. The summed E-state index contributed by atoms with van der Waals surface area (Å²) in [5, 5.41) is 0. The van der Waals surface area contributed by atoms with Crippen LogP contribution >= 0.6 is 0 Å². The van der Waals surface area contributed by atoms with Crippen molar-refractivity contribution in [1.82, 2.24) is 14.6 Å². The number of hydrogen-bond acceptors (Lipinski definition) is 7. The summed E-state index contributed by atoms with van der Waals surface area (Å²) in [7, 11) is -2.74. The number of benzene rings is 1. The first-order chi connectivity index (χ1) is 13.4. The predicted octanol–water partition coefficient (Wildman–Crippen LogP) is 0.784. The minimum atomic E-state index is -4.04. The van der Waals surface area contributed by atoms with Crippen molar-refractivity contribution in [2.45, 2.75) is 24.4 Å². The van der Waals surface area contributed by atoms with Gasteiger partial charge in [-0.05, 0) is 35.2 Å². The van der Waals surface area contributed by atoms with E-state index in [0.29, 0.717) is 24.1 Å². The van der Waals surface area contributed by atoms with Crippen LogP contribution in [0.15, 0.2) is 41.6 Å². The number of hydrogen-bond donors (Lipinski definition) is 2. The number of nitrogens with one attached hydrogen (secondary N) is 1. The van der Waals surface area contributed by atoms with Gasteiger partial charge in [-0.1, -0.05) is 12.1 Å². The second kappa shape index (κ2) is 7.95. The lowest BCUT2D eigenvalue weighted by Gasteiger charge is -2.28. The minimum absolute atomic E-state index is 0.0346. The van der Waals surface area contributed by atoms with Crippen molar-refractivity contribution in [2.24, 2.45) is 5.73 Å². The molecule has 28 heavy (non-hydrogen) atoms. The Bertz CT molecular complexity index is 1010. The van der Waals surface area contributed by atoms with Crippen molar-refractivity contribution in [1.29, 1.82) is 0 Å². The van der Waals surface area contributed by atoms with E-state index in [1.54, 1.807) is 18.3 Å². The summed E-state index contributed by atoms with van der Waals surface area (Å²) in [6, 6.07) is 5.97. The molecule has 1 aromatic carbocycles. The third-order valence-electron chi connectivity index (χ3n) is 4.51. The Balaban J connectivity index is 1.82. The SMILES string of the molecule is COC(=O)N1CCc2c(cncc2C(=O)NS(=O)(=O)c2ccc(CN)cc2)C1. The Morgan fingerprint density at radius 3 is 2.61 bits per heavy atom. The topological polar surface area (TPSA) is 132 Å². The van der Waals surface area contributed by atoms with Crippen LogP contribution in [0, 0.1) is 0 Å². The monoisotopic (exact) mass is 404 g/mol. The summed E-state index contributed by atoms with van der Waals surface area (Å²) in [6.07, 6.45) is 2.81. The number of fused-ring (bicyclic) bond motifs is 1. The molecule has 0 saturated heterocycles. The van der Waals surface area contributed by atoms with Crippen molar-refractivity contribution in [3.05, 3.63) is 58.9 Å². The highest BCUT2D eigenvalue weighted by molar-refractivity contribution is 7.90. The molecule has 3 rings (SSSR count). The third kappa shape index (κ3) is 3.97. The maximum atomic E-state index is 12.6. The minimum Gasteiger partial charge on any atom is -0.453 e. The summed E-state index contributed by atoms with van der Waals surface area (Å²) in [4.78, 5) is 29.8. The van der Waals surface area contributed by atoms with Gasteiger partial charge in [-0.2, -0.15) is 0 Å². The number of carbonyl (C=O) groups excluding carboxylic acids is 2. The Morgan fingerprint density at radius 2 is 1.96 bits per heavy atom. The average Bonchev–Trinajstić information content (AvgIpc) is 2.71. The van der Waals surface area contributed by atoms with Crippen LogP contribution in [0.2, 0.25) is 0 Å². The first-order valence-electron chi connectivity index (χ1n) is 8.50. The lowest BCUT2D eigenvalue weighted by molar-refractivity contribution is 0.0979. The van der Waals surface area contributed by atoms with Gasteiger partial charge in [-0.25, -0.2) is 17.9 Å². The molecule has 3 N–H and O–H groups in total. The van der Waals surface area contributed by atoms with Crippen LogP contribution in [0.25, 0.3) is 0 Å².